The molecule has 0 radical (unpaired) electrons. The Kier molecular flexibility index (Phi) is 4.94. The predicted octanol–water partition coefficient (Wildman–Crippen LogP) is 11.2. The lowest BCUT2D eigenvalue weighted by atomic mass is 10.1. The monoisotopic (exact) mass is 561 g/mol. The van der Waals surface area contributed by atoms with E-state index < -0.39 is 0 Å². The molecule has 0 unspecified atom stereocenters. The van der Waals surface area contributed by atoms with Crippen LogP contribution in [0.2, 0.25) is 0 Å². The maximum absolute atomic E-state index is 3.80. The summed E-state index contributed by atoms with van der Waals surface area (Å²) in [6.07, 6.45) is 0. The van der Waals surface area contributed by atoms with Crippen LogP contribution < -0.4 is 4.90 Å². The molecule has 4 aromatic heterocycles. The summed E-state index contributed by atoms with van der Waals surface area (Å²) in [5.74, 6) is 0. The van der Waals surface area contributed by atoms with Crippen molar-refractivity contribution in [1.82, 2.24) is 9.55 Å². The van der Waals surface area contributed by atoms with Gasteiger partial charge in [-0.2, -0.15) is 0 Å². The number of aromatic amines is 1. The molecule has 0 aliphatic rings. The zero-order valence-corrected chi connectivity index (χ0v) is 23.5. The van der Waals surface area contributed by atoms with Gasteiger partial charge in [0.25, 0.3) is 0 Å². The Labute approximate surface area is 244 Å². The van der Waals surface area contributed by atoms with E-state index in [9.17, 15) is 0 Å². The fourth-order valence-corrected chi connectivity index (χ4v) is 7.81. The molecule has 3 nitrogen and oxygen atoms in total. The van der Waals surface area contributed by atoms with Crippen molar-refractivity contribution < 1.29 is 0 Å². The van der Waals surface area contributed by atoms with E-state index in [1.807, 2.05) is 0 Å². The highest BCUT2D eigenvalue weighted by Crippen LogP contribution is 2.42. The molecule has 0 amide bonds. The van der Waals surface area contributed by atoms with E-state index in [2.05, 4.69) is 147 Å². The van der Waals surface area contributed by atoms with Crippen molar-refractivity contribution in [2.45, 2.75) is 0 Å². The van der Waals surface area contributed by atoms with Crippen molar-refractivity contribution in [3.63, 3.8) is 0 Å². The molecule has 0 saturated carbocycles. The Morgan fingerprint density at radius 1 is 0.561 bits per heavy atom. The smallest absolute Gasteiger partial charge is 0.0798 e. The molecule has 5 aromatic carbocycles. The summed E-state index contributed by atoms with van der Waals surface area (Å²) in [4.78, 5) is 6.11. The number of hydrogen-bond donors (Lipinski definition) is 1. The van der Waals surface area contributed by atoms with Gasteiger partial charge in [-0.15, -0.1) is 22.7 Å². The number of nitrogens with one attached hydrogen (secondary N) is 1. The molecule has 0 aliphatic carbocycles. The summed E-state index contributed by atoms with van der Waals surface area (Å²) >= 11 is 3.60. The molecule has 5 heteroatoms. The molecule has 9 aromatic rings. The van der Waals surface area contributed by atoms with Crippen LogP contribution in [0.3, 0.4) is 0 Å². The van der Waals surface area contributed by atoms with Gasteiger partial charge in [-0.1, -0.05) is 36.4 Å². The Morgan fingerprint density at radius 3 is 1.80 bits per heavy atom. The number of H-pyrrole nitrogens is 1. The third kappa shape index (κ3) is 3.50. The standard InChI is InChI=1S/C36H23N3S2/c1-3-7-25(8-4-1)38(26-9-5-2-6-10-26)27-11-13-28(14-12-27)39-32-20-24-16-18-41-34(24)22-30(32)35-36(39)29-21-33-23(15-17-40-33)19-31(29)37-35/h1-22,37H. The fraction of sp³-hybridized carbons (Fsp3) is 0. The first kappa shape index (κ1) is 22.9. The van der Waals surface area contributed by atoms with Crippen LogP contribution in [-0.4, -0.2) is 9.55 Å². The van der Waals surface area contributed by atoms with Gasteiger partial charge in [0, 0.05) is 48.4 Å². The van der Waals surface area contributed by atoms with Crippen LogP contribution in [0.1, 0.15) is 0 Å². The van der Waals surface area contributed by atoms with Crippen LogP contribution in [-0.2, 0) is 0 Å². The molecule has 0 atom stereocenters. The van der Waals surface area contributed by atoms with Crippen LogP contribution in [0.5, 0.6) is 0 Å². The molecule has 0 spiro atoms. The van der Waals surface area contributed by atoms with Crippen LogP contribution in [0.4, 0.5) is 17.1 Å². The van der Waals surface area contributed by atoms with E-state index in [1.54, 1.807) is 22.7 Å². The zero-order chi connectivity index (χ0) is 26.9. The van der Waals surface area contributed by atoms with Crippen molar-refractivity contribution >= 4 is 92.7 Å². The number of anilines is 3. The minimum atomic E-state index is 1.12. The summed E-state index contributed by atoms with van der Waals surface area (Å²) in [6.45, 7) is 0. The molecule has 41 heavy (non-hydrogen) atoms. The fourth-order valence-electron chi connectivity index (χ4n) is 6.19. The number of aromatic nitrogens is 2. The average Bonchev–Trinajstić information content (AvgIpc) is 3.80. The summed E-state index contributed by atoms with van der Waals surface area (Å²) < 4.78 is 5.07. The number of para-hydroxylation sites is 2. The molecule has 0 fully saturated rings. The van der Waals surface area contributed by atoms with Gasteiger partial charge in [0.05, 0.1) is 16.6 Å². The second kappa shape index (κ2) is 8.83. The van der Waals surface area contributed by atoms with Gasteiger partial charge in [-0.05, 0) is 106 Å². The van der Waals surface area contributed by atoms with Gasteiger partial charge < -0.3 is 14.5 Å². The summed E-state index contributed by atoms with van der Waals surface area (Å²) in [5, 5.41) is 9.44. The van der Waals surface area contributed by atoms with Crippen molar-refractivity contribution in [1.29, 1.82) is 0 Å². The molecule has 194 valence electrons. The summed E-state index contributed by atoms with van der Waals surface area (Å²) in [6, 6.07) is 43.9. The van der Waals surface area contributed by atoms with E-state index in [1.165, 1.54) is 53.0 Å². The van der Waals surface area contributed by atoms with E-state index in [-0.39, 0.29) is 0 Å². The first-order valence-corrected chi connectivity index (χ1v) is 15.4. The third-order valence-electron chi connectivity index (χ3n) is 8.04. The number of benzene rings is 5. The van der Waals surface area contributed by atoms with Gasteiger partial charge >= 0.3 is 0 Å². The molecule has 0 saturated heterocycles. The SMILES string of the molecule is c1ccc(N(c2ccccc2)c2ccc(-n3c4cc5ccsc5cc4c4[nH]c5cc6ccsc6cc5c43)cc2)cc1. The Hall–Kier alpha value is -4.84. The molecule has 9 rings (SSSR count). The van der Waals surface area contributed by atoms with Crippen molar-refractivity contribution in [2.75, 3.05) is 4.90 Å². The predicted molar refractivity (Wildman–Crippen MR) is 178 cm³/mol. The molecule has 0 aliphatic heterocycles. The molecular formula is C36H23N3S2. The minimum Gasteiger partial charge on any atom is -0.353 e. The van der Waals surface area contributed by atoms with Gasteiger partial charge in [0.1, 0.15) is 0 Å². The van der Waals surface area contributed by atoms with E-state index >= 15 is 0 Å². The zero-order valence-electron chi connectivity index (χ0n) is 21.9. The maximum Gasteiger partial charge on any atom is 0.0798 e. The number of fused-ring (bicyclic) bond motifs is 7. The quantitative estimate of drug-likeness (QED) is 0.227. The first-order chi connectivity index (χ1) is 20.3. The number of nitrogens with zero attached hydrogens (tertiary/aromatic N) is 2. The summed E-state index contributed by atoms with van der Waals surface area (Å²) in [7, 11) is 0. The average molecular weight is 562 g/mol. The lowest BCUT2D eigenvalue weighted by Crippen LogP contribution is -2.09. The largest absolute Gasteiger partial charge is 0.353 e. The third-order valence-corrected chi connectivity index (χ3v) is 9.80. The van der Waals surface area contributed by atoms with Crippen LogP contribution in [0.15, 0.2) is 132 Å². The number of thiophene rings is 2. The highest BCUT2D eigenvalue weighted by atomic mass is 32.1. The van der Waals surface area contributed by atoms with Crippen LogP contribution in [0, 0.1) is 0 Å². The highest BCUT2D eigenvalue weighted by molar-refractivity contribution is 7.17. The number of rotatable bonds is 4. The van der Waals surface area contributed by atoms with Gasteiger partial charge in [0.2, 0.25) is 0 Å². The van der Waals surface area contributed by atoms with Gasteiger partial charge in [-0.3, -0.25) is 0 Å². The topological polar surface area (TPSA) is 24.0 Å². The Balaban J connectivity index is 1.29. The van der Waals surface area contributed by atoms with Crippen molar-refractivity contribution in [2.24, 2.45) is 0 Å². The van der Waals surface area contributed by atoms with Crippen LogP contribution in [0.25, 0.3) is 58.7 Å². The molecule has 1 N–H and O–H groups in total. The van der Waals surface area contributed by atoms with Gasteiger partial charge in [0.15, 0.2) is 0 Å². The lowest BCUT2D eigenvalue weighted by Gasteiger charge is -2.25. The normalized spacial score (nSPS) is 11.9. The second-order valence-corrected chi connectivity index (χ2v) is 12.3. The lowest BCUT2D eigenvalue weighted by molar-refractivity contribution is 1.18. The van der Waals surface area contributed by atoms with E-state index in [4.69, 9.17) is 0 Å². The Bertz CT molecular complexity index is 2300. The molecule has 0 bridgehead atoms. The first-order valence-electron chi connectivity index (χ1n) is 13.7. The van der Waals surface area contributed by atoms with Crippen molar-refractivity contribution in [3.8, 4) is 5.69 Å². The summed E-state index contributed by atoms with van der Waals surface area (Å²) in [5.41, 5.74) is 9.38. The number of hydrogen-bond acceptors (Lipinski definition) is 3. The molecular weight excluding hydrogens is 539 g/mol. The second-order valence-electron chi connectivity index (χ2n) is 10.4. The van der Waals surface area contributed by atoms with E-state index in [0.29, 0.717) is 0 Å². The van der Waals surface area contributed by atoms with Gasteiger partial charge in [-0.25, -0.2) is 0 Å². The highest BCUT2D eigenvalue weighted by Gasteiger charge is 2.20. The van der Waals surface area contributed by atoms with Crippen LogP contribution >= 0.6 is 22.7 Å². The minimum absolute atomic E-state index is 1.12. The Morgan fingerprint density at radius 2 is 1.15 bits per heavy atom. The van der Waals surface area contributed by atoms with Crippen molar-refractivity contribution in [3.05, 3.63) is 132 Å². The van der Waals surface area contributed by atoms with E-state index in [0.717, 1.165) is 22.7 Å². The maximum atomic E-state index is 3.80. The molecule has 4 heterocycles.